The fraction of sp³-hybridized carbons (Fsp3) is 0.300. The van der Waals surface area contributed by atoms with Gasteiger partial charge in [0.1, 0.15) is 4.90 Å². The molecule has 0 radical (unpaired) electrons. The zero-order valence-electron chi connectivity index (χ0n) is 10.3. The van der Waals surface area contributed by atoms with Crippen LogP contribution in [0.15, 0.2) is 21.5 Å². The van der Waals surface area contributed by atoms with E-state index in [-0.39, 0.29) is 10.0 Å². The van der Waals surface area contributed by atoms with Crippen LogP contribution in [0.4, 0.5) is 5.69 Å². The van der Waals surface area contributed by atoms with Crippen LogP contribution in [0, 0.1) is 10.1 Å². The van der Waals surface area contributed by atoms with Crippen molar-refractivity contribution in [1.29, 1.82) is 0 Å². The Labute approximate surface area is 127 Å². The van der Waals surface area contributed by atoms with Gasteiger partial charge in [-0.3, -0.25) is 10.1 Å². The van der Waals surface area contributed by atoms with Gasteiger partial charge in [0.15, 0.2) is 0 Å². The molecular formula is C10H9BrClNO6S. The standard InChI is InChI=1S/C10H9BrClNO6S/c1-5(2)19-10(14)7-3-6(13(15)16)4-8(9(7)11)20(12,17)18/h3-5H,1-2H3. The second-order valence-electron chi connectivity index (χ2n) is 3.95. The molecule has 0 atom stereocenters. The maximum atomic E-state index is 11.8. The van der Waals surface area contributed by atoms with Crippen molar-refractivity contribution in [3.8, 4) is 0 Å². The lowest BCUT2D eigenvalue weighted by atomic mass is 10.2. The minimum absolute atomic E-state index is 0.177. The molecule has 1 rings (SSSR count). The number of non-ortho nitro benzene ring substituents is 1. The summed E-state index contributed by atoms with van der Waals surface area (Å²) in [5.41, 5.74) is -0.866. The van der Waals surface area contributed by atoms with Crippen molar-refractivity contribution in [2.24, 2.45) is 0 Å². The number of hydrogen-bond acceptors (Lipinski definition) is 6. The van der Waals surface area contributed by atoms with Crippen LogP contribution in [0.5, 0.6) is 0 Å². The number of nitrogens with zero attached hydrogens (tertiary/aromatic N) is 1. The van der Waals surface area contributed by atoms with Crippen LogP contribution in [0.25, 0.3) is 0 Å². The summed E-state index contributed by atoms with van der Waals surface area (Å²) in [7, 11) is 0.930. The number of halogens is 2. The van der Waals surface area contributed by atoms with Gasteiger partial charge in [0.05, 0.1) is 21.1 Å². The minimum Gasteiger partial charge on any atom is -0.459 e. The number of nitro benzene ring substituents is 1. The van der Waals surface area contributed by atoms with E-state index in [0.29, 0.717) is 0 Å². The molecular weight excluding hydrogens is 378 g/mol. The normalized spacial score (nSPS) is 11.4. The van der Waals surface area contributed by atoms with Crippen LogP contribution >= 0.6 is 26.6 Å². The lowest BCUT2D eigenvalue weighted by Gasteiger charge is -2.10. The van der Waals surface area contributed by atoms with Crippen LogP contribution in [0.3, 0.4) is 0 Å². The number of nitro groups is 1. The molecule has 20 heavy (non-hydrogen) atoms. The third-order valence-corrected chi connectivity index (χ3v) is 4.52. The van der Waals surface area contributed by atoms with Crippen molar-refractivity contribution < 1.29 is 22.9 Å². The Bertz CT molecular complexity index is 673. The van der Waals surface area contributed by atoms with Gasteiger partial charge in [-0.25, -0.2) is 13.2 Å². The lowest BCUT2D eigenvalue weighted by Crippen LogP contribution is -2.13. The molecule has 0 N–H and O–H groups in total. The average molecular weight is 387 g/mol. The molecule has 0 aliphatic carbocycles. The number of ether oxygens (including phenoxy) is 1. The van der Waals surface area contributed by atoms with Gasteiger partial charge >= 0.3 is 5.97 Å². The number of rotatable bonds is 4. The first-order chi connectivity index (χ1) is 9.04. The number of hydrogen-bond donors (Lipinski definition) is 0. The van der Waals surface area contributed by atoms with E-state index in [1.807, 2.05) is 0 Å². The lowest BCUT2D eigenvalue weighted by molar-refractivity contribution is -0.385. The number of carbonyl (C=O) groups is 1. The highest BCUT2D eigenvalue weighted by atomic mass is 79.9. The fourth-order valence-corrected chi connectivity index (χ4v) is 3.55. The highest BCUT2D eigenvalue weighted by Gasteiger charge is 2.26. The number of esters is 1. The molecule has 0 bridgehead atoms. The fourth-order valence-electron chi connectivity index (χ4n) is 1.29. The Morgan fingerprint density at radius 3 is 2.40 bits per heavy atom. The van der Waals surface area contributed by atoms with Gasteiger partial charge in [0.25, 0.3) is 14.7 Å². The molecule has 7 nitrogen and oxygen atoms in total. The molecule has 0 saturated carbocycles. The Hall–Kier alpha value is -1.19. The molecule has 0 fully saturated rings. The maximum Gasteiger partial charge on any atom is 0.339 e. The van der Waals surface area contributed by atoms with Gasteiger partial charge in [-0.05, 0) is 29.8 Å². The van der Waals surface area contributed by atoms with Crippen LogP contribution in [0.2, 0.25) is 0 Å². The summed E-state index contributed by atoms with van der Waals surface area (Å²) in [6.45, 7) is 3.17. The topological polar surface area (TPSA) is 104 Å². The predicted octanol–water partition coefficient (Wildman–Crippen LogP) is 2.85. The van der Waals surface area contributed by atoms with Crippen molar-refractivity contribution in [3.63, 3.8) is 0 Å². The first-order valence-electron chi connectivity index (χ1n) is 5.17. The van der Waals surface area contributed by atoms with Crippen molar-refractivity contribution >= 4 is 47.3 Å². The maximum absolute atomic E-state index is 11.8. The van der Waals surface area contributed by atoms with Crippen LogP contribution in [0.1, 0.15) is 24.2 Å². The quantitative estimate of drug-likeness (QED) is 0.341. The molecule has 110 valence electrons. The molecule has 0 amide bonds. The molecule has 0 saturated heterocycles. The first-order valence-corrected chi connectivity index (χ1v) is 8.28. The number of benzene rings is 1. The largest absolute Gasteiger partial charge is 0.459 e. The van der Waals surface area contributed by atoms with E-state index in [1.54, 1.807) is 13.8 Å². The SMILES string of the molecule is CC(C)OC(=O)c1cc([N+](=O)[O-])cc(S(=O)(=O)Cl)c1Br. The third-order valence-electron chi connectivity index (χ3n) is 2.06. The van der Waals surface area contributed by atoms with E-state index in [0.717, 1.165) is 12.1 Å². The molecule has 0 aliphatic heterocycles. The van der Waals surface area contributed by atoms with Crippen molar-refractivity contribution in [2.75, 3.05) is 0 Å². The van der Waals surface area contributed by atoms with Crippen LogP contribution in [-0.4, -0.2) is 25.4 Å². The molecule has 0 spiro atoms. The molecule has 0 aromatic heterocycles. The summed E-state index contributed by atoms with van der Waals surface area (Å²) in [5, 5.41) is 10.8. The summed E-state index contributed by atoms with van der Waals surface area (Å²) in [6.07, 6.45) is -0.468. The van der Waals surface area contributed by atoms with Gasteiger partial charge in [0.2, 0.25) is 0 Å². The summed E-state index contributed by atoms with van der Waals surface area (Å²) < 4.78 is 27.5. The summed E-state index contributed by atoms with van der Waals surface area (Å²) in [4.78, 5) is 21.2. The van der Waals surface area contributed by atoms with E-state index in [4.69, 9.17) is 15.4 Å². The van der Waals surface area contributed by atoms with E-state index in [9.17, 15) is 23.3 Å². The summed E-state index contributed by atoms with van der Waals surface area (Å²) >= 11 is 2.90. The highest BCUT2D eigenvalue weighted by Crippen LogP contribution is 2.33. The average Bonchev–Trinajstić information content (AvgIpc) is 2.25. The van der Waals surface area contributed by atoms with Crippen LogP contribution in [-0.2, 0) is 13.8 Å². The summed E-state index contributed by atoms with van der Waals surface area (Å²) in [6, 6.07) is 1.68. The second-order valence-corrected chi connectivity index (χ2v) is 7.28. The smallest absolute Gasteiger partial charge is 0.339 e. The number of carbonyl (C=O) groups excluding carboxylic acids is 1. The monoisotopic (exact) mass is 385 g/mol. The zero-order valence-corrected chi connectivity index (χ0v) is 13.5. The Morgan fingerprint density at radius 1 is 1.45 bits per heavy atom. The van der Waals surface area contributed by atoms with Gasteiger partial charge in [-0.1, -0.05) is 0 Å². The third kappa shape index (κ3) is 3.90. The first kappa shape index (κ1) is 16.9. The molecule has 0 unspecified atom stereocenters. The van der Waals surface area contributed by atoms with E-state index in [2.05, 4.69) is 15.9 Å². The molecule has 0 heterocycles. The second kappa shape index (κ2) is 6.06. The van der Waals surface area contributed by atoms with Gasteiger partial charge in [-0.2, -0.15) is 0 Å². The molecule has 1 aromatic rings. The van der Waals surface area contributed by atoms with Crippen molar-refractivity contribution in [1.82, 2.24) is 0 Å². The van der Waals surface area contributed by atoms with E-state index < -0.39 is 36.6 Å². The summed E-state index contributed by atoms with van der Waals surface area (Å²) in [5.74, 6) is -0.892. The van der Waals surface area contributed by atoms with Crippen molar-refractivity contribution in [2.45, 2.75) is 24.8 Å². The predicted molar refractivity (Wildman–Crippen MR) is 74.4 cm³/mol. The Morgan fingerprint density at radius 2 is 2.00 bits per heavy atom. The Kier molecular flexibility index (Phi) is 5.11. The molecule has 1 aromatic carbocycles. The van der Waals surface area contributed by atoms with Gasteiger partial charge < -0.3 is 4.74 Å². The highest BCUT2D eigenvalue weighted by molar-refractivity contribution is 9.10. The Balaban J connectivity index is 3.56. The molecule has 10 heteroatoms. The zero-order chi connectivity index (χ0) is 15.7. The minimum atomic E-state index is -4.26. The van der Waals surface area contributed by atoms with E-state index >= 15 is 0 Å². The van der Waals surface area contributed by atoms with Gasteiger partial charge in [-0.15, -0.1) is 0 Å². The molecule has 0 aliphatic rings. The van der Waals surface area contributed by atoms with E-state index in [1.165, 1.54) is 0 Å². The van der Waals surface area contributed by atoms with Gasteiger partial charge in [0, 0.05) is 22.8 Å². The van der Waals surface area contributed by atoms with Crippen molar-refractivity contribution in [3.05, 3.63) is 32.3 Å². The van der Waals surface area contributed by atoms with Crippen LogP contribution < -0.4 is 0 Å².